The molecule has 0 unspecified atom stereocenters. The first kappa shape index (κ1) is 28.2. The largest absolute Gasteiger partial charge is 0.495 e. The molecule has 0 spiro atoms. The van der Waals surface area contributed by atoms with Crippen LogP contribution in [0.3, 0.4) is 0 Å². The predicted molar refractivity (Wildman–Crippen MR) is 141 cm³/mol. The van der Waals surface area contributed by atoms with E-state index in [-0.39, 0.29) is 50.2 Å². The van der Waals surface area contributed by atoms with Gasteiger partial charge in [-0.25, -0.2) is 0 Å². The minimum absolute atomic E-state index is 0.00102. The van der Waals surface area contributed by atoms with Crippen LogP contribution in [0.15, 0.2) is 75.6 Å². The zero-order chi connectivity index (χ0) is 27.9. The van der Waals surface area contributed by atoms with E-state index in [1.165, 1.54) is 49.6 Å². The Hall–Kier alpha value is -4.41. The molecule has 0 atom stereocenters. The number of nitrogens with one attached hydrogen (secondary N) is 1. The Labute approximate surface area is 226 Å². The van der Waals surface area contributed by atoms with E-state index in [9.17, 15) is 28.6 Å². The highest BCUT2D eigenvalue weighted by Gasteiger charge is 2.23. The maximum atomic E-state index is 12.8. The van der Waals surface area contributed by atoms with E-state index in [1.54, 1.807) is 31.2 Å². The van der Waals surface area contributed by atoms with Gasteiger partial charge in [-0.05, 0) is 64.8 Å². The van der Waals surface area contributed by atoms with Gasteiger partial charge in [-0.3, -0.25) is 14.9 Å². The molecule has 13 heteroatoms. The van der Waals surface area contributed by atoms with Crippen molar-refractivity contribution in [2.75, 3.05) is 19.0 Å². The number of nitrogens with zero attached hydrogens (tertiary/aromatic N) is 2. The Morgan fingerprint density at radius 2 is 1.87 bits per heavy atom. The van der Waals surface area contributed by atoms with Gasteiger partial charge in [-0.1, -0.05) is 18.2 Å². The summed E-state index contributed by atoms with van der Waals surface area (Å²) >= 11 is 3.27. The summed E-state index contributed by atoms with van der Waals surface area (Å²) in [5.74, 6) is -0.765. The van der Waals surface area contributed by atoms with Gasteiger partial charge in [0.2, 0.25) is 0 Å². The van der Waals surface area contributed by atoms with Crippen molar-refractivity contribution in [1.82, 2.24) is 0 Å². The fraction of sp³-hybridized carbons (Fsp3) is 0.120. The van der Waals surface area contributed by atoms with Gasteiger partial charge in [-0.15, -0.1) is 0 Å². The SMILES string of the molecule is CCOc1cc(/C=C(\C#N)C(=O)Nc2cc([N+](=O)[O-])ccc2OC)cc(Br)c1OS(=O)(=O)c1ccccc1. The molecule has 3 aromatic carbocycles. The van der Waals surface area contributed by atoms with Crippen molar-refractivity contribution >= 4 is 49.4 Å². The molecule has 0 aliphatic rings. The second-order valence-electron chi connectivity index (χ2n) is 7.38. The number of anilines is 1. The van der Waals surface area contributed by atoms with Crippen LogP contribution in [-0.2, 0) is 14.9 Å². The summed E-state index contributed by atoms with van der Waals surface area (Å²) < 4.78 is 41.7. The molecule has 3 aromatic rings. The van der Waals surface area contributed by atoms with Crippen molar-refractivity contribution in [3.63, 3.8) is 0 Å². The van der Waals surface area contributed by atoms with Crippen LogP contribution >= 0.6 is 15.9 Å². The van der Waals surface area contributed by atoms with Gasteiger partial charge < -0.3 is 19.0 Å². The molecule has 0 radical (unpaired) electrons. The number of rotatable bonds is 10. The number of nitriles is 1. The van der Waals surface area contributed by atoms with Crippen LogP contribution in [0.2, 0.25) is 0 Å². The highest BCUT2D eigenvalue weighted by Crippen LogP contribution is 2.39. The molecular formula is C25H20BrN3O8S. The average Bonchev–Trinajstić information content (AvgIpc) is 2.89. The number of nitro groups is 1. The van der Waals surface area contributed by atoms with E-state index in [4.69, 9.17) is 13.7 Å². The molecule has 3 rings (SSSR count). The summed E-state index contributed by atoms with van der Waals surface area (Å²) in [6.07, 6.45) is 1.24. The number of carbonyl (C=O) groups excluding carboxylic acids is 1. The van der Waals surface area contributed by atoms with Crippen LogP contribution in [0.25, 0.3) is 6.08 Å². The molecule has 1 N–H and O–H groups in total. The van der Waals surface area contributed by atoms with Gasteiger partial charge >= 0.3 is 10.1 Å². The van der Waals surface area contributed by atoms with Gasteiger partial charge in [0.1, 0.15) is 22.3 Å². The maximum Gasteiger partial charge on any atom is 0.339 e. The fourth-order valence-corrected chi connectivity index (χ4v) is 4.80. The molecule has 0 aliphatic heterocycles. The van der Waals surface area contributed by atoms with Crippen LogP contribution in [-0.4, -0.2) is 33.0 Å². The number of halogens is 1. The Balaban J connectivity index is 1.96. The summed E-state index contributed by atoms with van der Waals surface area (Å²) in [4.78, 5) is 23.2. The third-order valence-electron chi connectivity index (χ3n) is 4.87. The first-order chi connectivity index (χ1) is 18.1. The van der Waals surface area contributed by atoms with Crippen molar-refractivity contribution < 1.29 is 31.8 Å². The summed E-state index contributed by atoms with van der Waals surface area (Å²) in [5, 5.41) is 23.2. The first-order valence-electron chi connectivity index (χ1n) is 10.8. The van der Waals surface area contributed by atoms with Crippen molar-refractivity contribution in [2.24, 2.45) is 0 Å². The molecule has 1 amide bonds. The van der Waals surface area contributed by atoms with Crippen molar-refractivity contribution in [2.45, 2.75) is 11.8 Å². The first-order valence-corrected chi connectivity index (χ1v) is 13.0. The standard InChI is InChI=1S/C25H20BrN3O8S/c1-3-36-23-13-16(12-20(26)24(23)37-38(33,34)19-7-5-4-6-8-19)11-17(15-27)25(30)28-21-14-18(29(31)32)9-10-22(21)35-2/h4-14H,3H2,1-2H3,(H,28,30)/b17-11+. The van der Waals surface area contributed by atoms with E-state index >= 15 is 0 Å². The molecule has 0 saturated heterocycles. The van der Waals surface area contributed by atoms with E-state index in [2.05, 4.69) is 21.2 Å². The molecule has 0 aliphatic carbocycles. The second-order valence-corrected chi connectivity index (χ2v) is 9.78. The van der Waals surface area contributed by atoms with E-state index in [0.717, 1.165) is 6.07 Å². The van der Waals surface area contributed by atoms with Gasteiger partial charge in [0, 0.05) is 12.1 Å². The van der Waals surface area contributed by atoms with Crippen LogP contribution < -0.4 is 19.0 Å². The number of ether oxygens (including phenoxy) is 2. The van der Waals surface area contributed by atoms with Gasteiger partial charge in [-0.2, -0.15) is 13.7 Å². The van der Waals surface area contributed by atoms with E-state index in [1.807, 2.05) is 0 Å². The van der Waals surface area contributed by atoms with Crippen LogP contribution in [0.4, 0.5) is 11.4 Å². The number of hydrogen-bond acceptors (Lipinski definition) is 9. The Morgan fingerprint density at radius 1 is 1.16 bits per heavy atom. The molecule has 196 valence electrons. The van der Waals surface area contributed by atoms with Gasteiger partial charge in [0.05, 0.1) is 28.8 Å². The Kier molecular flexibility index (Phi) is 9.06. The number of benzene rings is 3. The monoisotopic (exact) mass is 601 g/mol. The smallest absolute Gasteiger partial charge is 0.339 e. The van der Waals surface area contributed by atoms with Crippen LogP contribution in [0, 0.1) is 21.4 Å². The molecule has 0 heterocycles. The lowest BCUT2D eigenvalue weighted by atomic mass is 10.1. The molecule has 0 aromatic heterocycles. The summed E-state index contributed by atoms with van der Waals surface area (Å²) in [6.45, 7) is 1.85. The van der Waals surface area contributed by atoms with Crippen molar-refractivity contribution in [3.8, 4) is 23.3 Å². The summed E-state index contributed by atoms with van der Waals surface area (Å²) in [7, 11) is -2.86. The average molecular weight is 602 g/mol. The fourth-order valence-electron chi connectivity index (χ4n) is 3.17. The number of non-ortho nitro benzene ring substituents is 1. The predicted octanol–water partition coefficient (Wildman–Crippen LogP) is 5.08. The Bertz CT molecular complexity index is 1550. The molecule has 0 fully saturated rings. The molecule has 0 bridgehead atoms. The lowest BCUT2D eigenvalue weighted by Crippen LogP contribution is -2.14. The van der Waals surface area contributed by atoms with E-state index in [0.29, 0.717) is 5.56 Å². The highest BCUT2D eigenvalue weighted by atomic mass is 79.9. The highest BCUT2D eigenvalue weighted by molar-refractivity contribution is 9.10. The normalized spacial score (nSPS) is 11.3. The van der Waals surface area contributed by atoms with Crippen molar-refractivity contribution in [3.05, 3.63) is 86.4 Å². The topological polar surface area (TPSA) is 158 Å². The van der Waals surface area contributed by atoms with Crippen LogP contribution in [0.1, 0.15) is 12.5 Å². The van der Waals surface area contributed by atoms with Crippen LogP contribution in [0.5, 0.6) is 17.2 Å². The number of nitro benzene ring substituents is 1. The number of carbonyl (C=O) groups is 1. The maximum absolute atomic E-state index is 12.8. The number of amides is 1. The second kappa shape index (κ2) is 12.2. The zero-order valence-electron chi connectivity index (χ0n) is 20.0. The Morgan fingerprint density at radius 3 is 2.47 bits per heavy atom. The molecular weight excluding hydrogens is 582 g/mol. The third kappa shape index (κ3) is 6.67. The molecule has 11 nitrogen and oxygen atoms in total. The summed E-state index contributed by atoms with van der Waals surface area (Å²) in [6, 6.07) is 15.8. The van der Waals surface area contributed by atoms with Crippen molar-refractivity contribution in [1.29, 1.82) is 5.26 Å². The minimum atomic E-state index is -4.18. The molecule has 0 saturated carbocycles. The molecule has 38 heavy (non-hydrogen) atoms. The zero-order valence-corrected chi connectivity index (χ0v) is 22.4. The van der Waals surface area contributed by atoms with Gasteiger partial charge in [0.15, 0.2) is 11.5 Å². The van der Waals surface area contributed by atoms with Gasteiger partial charge in [0.25, 0.3) is 11.6 Å². The lowest BCUT2D eigenvalue weighted by Gasteiger charge is -2.15. The van der Waals surface area contributed by atoms with E-state index < -0.39 is 20.9 Å². The summed E-state index contributed by atoms with van der Waals surface area (Å²) in [5.41, 5.74) is -0.324. The quantitative estimate of drug-likeness (QED) is 0.110. The third-order valence-corrected chi connectivity index (χ3v) is 6.70. The number of methoxy groups -OCH3 is 1. The number of hydrogen-bond donors (Lipinski definition) is 1. The minimum Gasteiger partial charge on any atom is -0.495 e. The lowest BCUT2D eigenvalue weighted by molar-refractivity contribution is -0.384.